The first-order chi connectivity index (χ1) is 8.70. The van der Waals surface area contributed by atoms with Crippen LogP contribution in [0.15, 0.2) is 24.5 Å². The van der Waals surface area contributed by atoms with Crippen LogP contribution in [0.4, 0.5) is 0 Å². The first-order valence-corrected chi connectivity index (χ1v) is 6.98. The molecule has 18 heavy (non-hydrogen) atoms. The average Bonchev–Trinajstić information content (AvgIpc) is 2.40. The highest BCUT2D eigenvalue weighted by atomic mass is 16.3. The van der Waals surface area contributed by atoms with Crippen molar-refractivity contribution >= 4 is 0 Å². The summed E-state index contributed by atoms with van der Waals surface area (Å²) in [4.78, 5) is 6.43. The second-order valence-corrected chi connectivity index (χ2v) is 5.50. The predicted octanol–water partition coefficient (Wildman–Crippen LogP) is 2.45. The minimum absolute atomic E-state index is 0.172. The van der Waals surface area contributed by atoms with Crippen LogP contribution < -0.4 is 0 Å². The van der Waals surface area contributed by atoms with Crippen molar-refractivity contribution < 1.29 is 5.11 Å². The van der Waals surface area contributed by atoms with Crippen LogP contribution in [0.2, 0.25) is 0 Å². The van der Waals surface area contributed by atoms with Crippen LogP contribution in [-0.2, 0) is 6.54 Å². The summed E-state index contributed by atoms with van der Waals surface area (Å²) in [7, 11) is 2.11. The lowest BCUT2D eigenvalue weighted by atomic mass is 9.81. The SMILES string of the molecule is CCC1CCC(O)C(N(C)Cc2cccnc2)C1. The lowest BCUT2D eigenvalue weighted by Crippen LogP contribution is -2.45. The quantitative estimate of drug-likeness (QED) is 0.889. The molecule has 1 saturated carbocycles. The van der Waals surface area contributed by atoms with E-state index < -0.39 is 0 Å². The summed E-state index contributed by atoms with van der Waals surface area (Å²) in [5.41, 5.74) is 1.21. The van der Waals surface area contributed by atoms with E-state index in [4.69, 9.17) is 0 Å². The summed E-state index contributed by atoms with van der Waals surface area (Å²) < 4.78 is 0. The van der Waals surface area contributed by atoms with E-state index in [-0.39, 0.29) is 6.10 Å². The van der Waals surface area contributed by atoms with Gasteiger partial charge < -0.3 is 5.11 Å². The Morgan fingerprint density at radius 2 is 2.28 bits per heavy atom. The van der Waals surface area contributed by atoms with Gasteiger partial charge >= 0.3 is 0 Å². The molecule has 3 unspecified atom stereocenters. The Hall–Kier alpha value is -0.930. The number of rotatable bonds is 4. The zero-order valence-electron chi connectivity index (χ0n) is 11.4. The second kappa shape index (κ2) is 6.30. The van der Waals surface area contributed by atoms with Crippen molar-refractivity contribution in [2.75, 3.05) is 7.05 Å². The monoisotopic (exact) mass is 248 g/mol. The van der Waals surface area contributed by atoms with Crippen LogP contribution in [0.3, 0.4) is 0 Å². The van der Waals surface area contributed by atoms with Crippen LogP contribution in [0.25, 0.3) is 0 Å². The van der Waals surface area contributed by atoms with Gasteiger partial charge in [-0.05, 0) is 43.9 Å². The molecule has 3 nitrogen and oxygen atoms in total. The summed E-state index contributed by atoms with van der Waals surface area (Å²) >= 11 is 0. The third-order valence-corrected chi connectivity index (χ3v) is 4.19. The van der Waals surface area contributed by atoms with E-state index in [2.05, 4.69) is 29.9 Å². The molecule has 0 radical (unpaired) electrons. The van der Waals surface area contributed by atoms with Gasteiger partial charge in [-0.25, -0.2) is 0 Å². The molecule has 1 N–H and O–H groups in total. The van der Waals surface area contributed by atoms with Crippen molar-refractivity contribution in [3.05, 3.63) is 30.1 Å². The topological polar surface area (TPSA) is 36.4 Å². The Bertz CT molecular complexity index is 355. The van der Waals surface area contributed by atoms with Gasteiger partial charge in [-0.2, -0.15) is 0 Å². The maximum atomic E-state index is 10.2. The summed E-state index contributed by atoms with van der Waals surface area (Å²) in [6.45, 7) is 3.12. The molecule has 1 aliphatic rings. The maximum absolute atomic E-state index is 10.2. The highest BCUT2D eigenvalue weighted by Gasteiger charge is 2.30. The Morgan fingerprint density at radius 1 is 1.44 bits per heavy atom. The Labute approximate surface area is 110 Å². The number of pyridine rings is 1. The number of hydrogen-bond donors (Lipinski definition) is 1. The van der Waals surface area contributed by atoms with E-state index in [0.717, 1.165) is 25.3 Å². The van der Waals surface area contributed by atoms with Gasteiger partial charge in [-0.15, -0.1) is 0 Å². The number of nitrogens with zero attached hydrogens (tertiary/aromatic N) is 2. The van der Waals surface area contributed by atoms with Crippen LogP contribution in [0.1, 0.15) is 38.2 Å². The summed E-state index contributed by atoms with van der Waals surface area (Å²) in [5.74, 6) is 0.773. The molecule has 0 amide bonds. The molecule has 0 saturated heterocycles. The first kappa shape index (κ1) is 13.5. The second-order valence-electron chi connectivity index (χ2n) is 5.50. The van der Waals surface area contributed by atoms with E-state index in [1.165, 1.54) is 18.4 Å². The number of aliphatic hydroxyl groups excluding tert-OH is 1. The fourth-order valence-corrected chi connectivity index (χ4v) is 2.96. The molecule has 0 spiro atoms. The molecule has 1 fully saturated rings. The van der Waals surface area contributed by atoms with Gasteiger partial charge in [0.2, 0.25) is 0 Å². The summed E-state index contributed by atoms with van der Waals surface area (Å²) in [5, 5.41) is 10.2. The molecule has 3 atom stereocenters. The van der Waals surface area contributed by atoms with Gasteiger partial charge in [0.15, 0.2) is 0 Å². The van der Waals surface area contributed by atoms with Crippen LogP contribution in [0, 0.1) is 5.92 Å². The lowest BCUT2D eigenvalue weighted by molar-refractivity contribution is 0.0104. The van der Waals surface area contributed by atoms with Gasteiger partial charge in [0.05, 0.1) is 6.10 Å². The standard InChI is InChI=1S/C15H24N2O/c1-3-12-6-7-15(18)14(9-12)17(2)11-13-5-4-8-16-10-13/h4-5,8,10,12,14-15,18H,3,6-7,9,11H2,1-2H3. The molecular weight excluding hydrogens is 224 g/mol. The number of hydrogen-bond acceptors (Lipinski definition) is 3. The molecule has 1 aromatic rings. The molecule has 2 rings (SSSR count). The largest absolute Gasteiger partial charge is 0.391 e. The normalized spacial score (nSPS) is 28.6. The predicted molar refractivity (Wildman–Crippen MR) is 73.1 cm³/mol. The molecule has 0 bridgehead atoms. The van der Waals surface area contributed by atoms with Crippen LogP contribution in [-0.4, -0.2) is 34.2 Å². The number of aliphatic hydroxyl groups is 1. The zero-order valence-corrected chi connectivity index (χ0v) is 11.4. The van der Waals surface area contributed by atoms with Gasteiger partial charge in [0.25, 0.3) is 0 Å². The van der Waals surface area contributed by atoms with Crippen LogP contribution >= 0.6 is 0 Å². The average molecular weight is 248 g/mol. The summed E-state index contributed by atoms with van der Waals surface area (Å²) in [6.07, 6.45) is 8.00. The first-order valence-electron chi connectivity index (χ1n) is 6.98. The van der Waals surface area contributed by atoms with Crippen molar-refractivity contribution in [3.63, 3.8) is 0 Å². The smallest absolute Gasteiger partial charge is 0.0695 e. The fourth-order valence-electron chi connectivity index (χ4n) is 2.96. The van der Waals surface area contributed by atoms with Gasteiger partial charge in [-0.1, -0.05) is 19.4 Å². The van der Waals surface area contributed by atoms with Crippen LogP contribution in [0.5, 0.6) is 0 Å². The summed E-state index contributed by atoms with van der Waals surface area (Å²) in [6, 6.07) is 4.36. The lowest BCUT2D eigenvalue weighted by Gasteiger charge is -2.38. The van der Waals surface area contributed by atoms with Crippen molar-refractivity contribution in [2.24, 2.45) is 5.92 Å². The van der Waals surface area contributed by atoms with Gasteiger partial charge in [0.1, 0.15) is 0 Å². The molecule has 0 aromatic carbocycles. The minimum atomic E-state index is -0.172. The number of likely N-dealkylation sites (N-methyl/N-ethyl adjacent to an activating group) is 1. The zero-order chi connectivity index (χ0) is 13.0. The Balaban J connectivity index is 1.96. The molecule has 3 heteroatoms. The van der Waals surface area contributed by atoms with E-state index in [1.807, 2.05) is 12.3 Å². The molecule has 1 heterocycles. The van der Waals surface area contributed by atoms with E-state index >= 15 is 0 Å². The minimum Gasteiger partial charge on any atom is -0.391 e. The fraction of sp³-hybridized carbons (Fsp3) is 0.667. The molecular formula is C15H24N2O. The van der Waals surface area contributed by atoms with Crippen molar-refractivity contribution in [1.82, 2.24) is 9.88 Å². The molecule has 100 valence electrons. The van der Waals surface area contributed by atoms with E-state index in [0.29, 0.717) is 6.04 Å². The highest BCUT2D eigenvalue weighted by Crippen LogP contribution is 2.30. The van der Waals surface area contributed by atoms with Gasteiger partial charge in [-0.3, -0.25) is 9.88 Å². The molecule has 1 aliphatic carbocycles. The highest BCUT2D eigenvalue weighted by molar-refractivity contribution is 5.08. The van der Waals surface area contributed by atoms with Crippen molar-refractivity contribution in [3.8, 4) is 0 Å². The Kier molecular flexibility index (Phi) is 4.72. The molecule has 0 aliphatic heterocycles. The maximum Gasteiger partial charge on any atom is 0.0695 e. The van der Waals surface area contributed by atoms with E-state index in [9.17, 15) is 5.11 Å². The van der Waals surface area contributed by atoms with Crippen molar-refractivity contribution in [1.29, 1.82) is 0 Å². The van der Waals surface area contributed by atoms with E-state index in [1.54, 1.807) is 6.20 Å². The third kappa shape index (κ3) is 3.30. The number of aromatic nitrogens is 1. The van der Waals surface area contributed by atoms with Crippen molar-refractivity contribution in [2.45, 2.75) is 51.3 Å². The molecule has 1 aromatic heterocycles. The van der Waals surface area contributed by atoms with Gasteiger partial charge in [0, 0.05) is 25.0 Å². The third-order valence-electron chi connectivity index (χ3n) is 4.19. The Morgan fingerprint density at radius 3 is 2.94 bits per heavy atom.